The van der Waals surface area contributed by atoms with Crippen LogP contribution in [0.3, 0.4) is 0 Å². The average Bonchev–Trinajstić information content (AvgIpc) is 2.96. The van der Waals surface area contributed by atoms with Crippen LogP contribution >= 0.6 is 11.3 Å². The SMILES string of the molecule is C#CCOC(=O)c1ccc2nc(-c3cccnc3)sc2c1. The summed E-state index contributed by atoms with van der Waals surface area (Å²) in [6.45, 7) is -0.0273. The van der Waals surface area contributed by atoms with Crippen LogP contribution in [0, 0.1) is 12.3 Å². The van der Waals surface area contributed by atoms with Crippen LogP contribution in [0.2, 0.25) is 0 Å². The van der Waals surface area contributed by atoms with Crippen molar-refractivity contribution < 1.29 is 9.53 Å². The summed E-state index contributed by atoms with van der Waals surface area (Å²) in [4.78, 5) is 20.4. The number of rotatable bonds is 3. The van der Waals surface area contributed by atoms with E-state index in [2.05, 4.69) is 15.9 Å². The molecule has 0 saturated heterocycles. The Balaban J connectivity index is 1.96. The predicted octanol–water partition coefficient (Wildman–Crippen LogP) is 3.15. The van der Waals surface area contributed by atoms with E-state index >= 15 is 0 Å². The Morgan fingerprint density at radius 3 is 3.05 bits per heavy atom. The number of carbonyl (C=O) groups is 1. The summed E-state index contributed by atoms with van der Waals surface area (Å²) in [5.74, 6) is 1.85. The van der Waals surface area contributed by atoms with E-state index < -0.39 is 5.97 Å². The van der Waals surface area contributed by atoms with Crippen LogP contribution in [-0.2, 0) is 4.74 Å². The predicted molar refractivity (Wildman–Crippen MR) is 82.0 cm³/mol. The molecule has 1 aromatic carbocycles. The van der Waals surface area contributed by atoms with E-state index in [9.17, 15) is 4.79 Å². The highest BCUT2D eigenvalue weighted by Gasteiger charge is 2.11. The second kappa shape index (κ2) is 5.73. The van der Waals surface area contributed by atoms with E-state index in [1.165, 1.54) is 11.3 Å². The smallest absolute Gasteiger partial charge is 0.339 e. The highest BCUT2D eigenvalue weighted by molar-refractivity contribution is 7.21. The fraction of sp³-hybridized carbons (Fsp3) is 0.0625. The Labute approximate surface area is 125 Å². The van der Waals surface area contributed by atoms with Crippen molar-refractivity contribution in [2.75, 3.05) is 6.61 Å². The Morgan fingerprint density at radius 1 is 1.38 bits per heavy atom. The quantitative estimate of drug-likeness (QED) is 0.550. The zero-order valence-electron chi connectivity index (χ0n) is 10.9. The number of nitrogens with zero attached hydrogens (tertiary/aromatic N) is 2. The van der Waals surface area contributed by atoms with Gasteiger partial charge in [0.25, 0.3) is 0 Å². The van der Waals surface area contributed by atoms with Crippen LogP contribution in [0.1, 0.15) is 10.4 Å². The lowest BCUT2D eigenvalue weighted by molar-refractivity contribution is 0.0557. The van der Waals surface area contributed by atoms with Crippen molar-refractivity contribution in [3.05, 3.63) is 48.3 Å². The molecule has 0 unspecified atom stereocenters. The molecule has 102 valence electrons. The molecule has 0 radical (unpaired) electrons. The highest BCUT2D eigenvalue weighted by Crippen LogP contribution is 2.30. The van der Waals surface area contributed by atoms with Crippen molar-refractivity contribution in [2.45, 2.75) is 0 Å². The summed E-state index contributed by atoms with van der Waals surface area (Å²) in [5, 5.41) is 0.868. The second-order valence-electron chi connectivity index (χ2n) is 4.22. The summed E-state index contributed by atoms with van der Waals surface area (Å²) in [7, 11) is 0. The molecule has 3 rings (SSSR count). The van der Waals surface area contributed by atoms with Gasteiger partial charge in [0.15, 0.2) is 6.61 Å². The minimum Gasteiger partial charge on any atom is -0.449 e. The van der Waals surface area contributed by atoms with Gasteiger partial charge in [-0.25, -0.2) is 9.78 Å². The maximum absolute atomic E-state index is 11.8. The molecule has 3 aromatic rings. The van der Waals surface area contributed by atoms with Gasteiger partial charge >= 0.3 is 5.97 Å². The molecule has 0 aliphatic carbocycles. The molecule has 5 heteroatoms. The number of thiazole rings is 1. The number of aromatic nitrogens is 2. The lowest BCUT2D eigenvalue weighted by atomic mass is 10.2. The van der Waals surface area contributed by atoms with E-state index in [0.29, 0.717) is 5.56 Å². The van der Waals surface area contributed by atoms with Crippen LogP contribution in [0.25, 0.3) is 20.8 Å². The number of carbonyl (C=O) groups excluding carboxylic acids is 1. The standard InChI is InChI=1S/C16H10N2O2S/c1-2-8-20-16(19)11-5-6-13-14(9-11)21-15(18-13)12-4-3-7-17-10-12/h1,3-7,9-10H,8H2. The van der Waals surface area contributed by atoms with E-state index in [4.69, 9.17) is 11.2 Å². The van der Waals surface area contributed by atoms with Crippen LogP contribution in [0.5, 0.6) is 0 Å². The number of fused-ring (bicyclic) bond motifs is 1. The first kappa shape index (κ1) is 13.3. The minimum atomic E-state index is -0.425. The number of benzene rings is 1. The third kappa shape index (κ3) is 2.76. The maximum Gasteiger partial charge on any atom is 0.339 e. The van der Waals surface area contributed by atoms with E-state index in [1.807, 2.05) is 12.1 Å². The summed E-state index contributed by atoms with van der Waals surface area (Å²) >= 11 is 1.51. The molecule has 2 heterocycles. The lowest BCUT2D eigenvalue weighted by Crippen LogP contribution is -2.04. The molecule has 0 saturated carbocycles. The Bertz CT molecular complexity index is 834. The van der Waals surface area contributed by atoms with Crippen molar-refractivity contribution >= 4 is 27.5 Å². The average molecular weight is 294 g/mol. The van der Waals surface area contributed by atoms with Gasteiger partial charge in [0.2, 0.25) is 0 Å². The molecule has 0 fully saturated rings. The summed E-state index contributed by atoms with van der Waals surface area (Å²) in [6, 6.07) is 9.08. The van der Waals surface area contributed by atoms with Gasteiger partial charge in [0.1, 0.15) is 5.01 Å². The van der Waals surface area contributed by atoms with Gasteiger partial charge in [-0.15, -0.1) is 17.8 Å². The molecule has 0 N–H and O–H groups in total. The van der Waals surface area contributed by atoms with Gasteiger partial charge in [0, 0.05) is 18.0 Å². The fourth-order valence-electron chi connectivity index (χ4n) is 1.85. The molecule has 0 aliphatic rings. The van der Waals surface area contributed by atoms with Gasteiger partial charge in [-0.05, 0) is 30.3 Å². The summed E-state index contributed by atoms with van der Waals surface area (Å²) in [5.41, 5.74) is 2.27. The van der Waals surface area contributed by atoms with Crippen molar-refractivity contribution in [2.24, 2.45) is 0 Å². The van der Waals surface area contributed by atoms with E-state index in [0.717, 1.165) is 20.8 Å². The molecule has 0 atom stereocenters. The first-order valence-electron chi connectivity index (χ1n) is 6.19. The maximum atomic E-state index is 11.8. The highest BCUT2D eigenvalue weighted by atomic mass is 32.1. The molecule has 0 bridgehead atoms. The first-order chi connectivity index (χ1) is 10.3. The van der Waals surface area contributed by atoms with Crippen molar-refractivity contribution in [3.8, 4) is 22.9 Å². The lowest BCUT2D eigenvalue weighted by Gasteiger charge is -2.00. The van der Waals surface area contributed by atoms with Gasteiger partial charge in [0.05, 0.1) is 15.8 Å². The number of ether oxygens (including phenoxy) is 1. The largest absolute Gasteiger partial charge is 0.449 e. The molecule has 2 aromatic heterocycles. The first-order valence-corrected chi connectivity index (χ1v) is 7.01. The fourth-order valence-corrected chi connectivity index (χ4v) is 2.85. The normalized spacial score (nSPS) is 10.2. The monoisotopic (exact) mass is 294 g/mol. The van der Waals surface area contributed by atoms with Crippen LogP contribution < -0.4 is 0 Å². The summed E-state index contributed by atoms with van der Waals surface area (Å²) < 4.78 is 5.84. The number of esters is 1. The zero-order chi connectivity index (χ0) is 14.7. The van der Waals surface area contributed by atoms with Gasteiger partial charge < -0.3 is 4.74 Å². The molecular weight excluding hydrogens is 284 g/mol. The van der Waals surface area contributed by atoms with Crippen molar-refractivity contribution in [1.29, 1.82) is 0 Å². The molecule has 0 amide bonds. The third-order valence-corrected chi connectivity index (χ3v) is 3.89. The van der Waals surface area contributed by atoms with Crippen molar-refractivity contribution in [3.63, 3.8) is 0 Å². The second-order valence-corrected chi connectivity index (χ2v) is 5.25. The Morgan fingerprint density at radius 2 is 2.29 bits per heavy atom. The Hall–Kier alpha value is -2.71. The number of pyridine rings is 1. The van der Waals surface area contributed by atoms with E-state index in [1.54, 1.807) is 30.6 Å². The zero-order valence-corrected chi connectivity index (χ0v) is 11.8. The number of hydrogen-bond donors (Lipinski definition) is 0. The minimum absolute atomic E-state index is 0.0273. The molecule has 4 nitrogen and oxygen atoms in total. The molecule has 0 spiro atoms. The van der Waals surface area contributed by atoms with E-state index in [-0.39, 0.29) is 6.61 Å². The number of hydrogen-bond acceptors (Lipinski definition) is 5. The summed E-state index contributed by atoms with van der Waals surface area (Å²) in [6.07, 6.45) is 8.55. The van der Waals surface area contributed by atoms with Crippen LogP contribution in [-0.4, -0.2) is 22.5 Å². The van der Waals surface area contributed by atoms with Gasteiger partial charge in [-0.1, -0.05) is 5.92 Å². The molecule has 21 heavy (non-hydrogen) atoms. The number of terminal acetylenes is 1. The van der Waals surface area contributed by atoms with Gasteiger partial charge in [-0.2, -0.15) is 0 Å². The molecular formula is C16H10N2O2S. The Kier molecular flexibility index (Phi) is 3.63. The van der Waals surface area contributed by atoms with Crippen LogP contribution in [0.15, 0.2) is 42.7 Å². The van der Waals surface area contributed by atoms with Crippen molar-refractivity contribution in [1.82, 2.24) is 9.97 Å². The topological polar surface area (TPSA) is 52.1 Å². The third-order valence-electron chi connectivity index (χ3n) is 2.82. The van der Waals surface area contributed by atoms with Gasteiger partial charge in [-0.3, -0.25) is 4.98 Å². The molecule has 0 aliphatic heterocycles. The van der Waals surface area contributed by atoms with Crippen LogP contribution in [0.4, 0.5) is 0 Å².